The van der Waals surface area contributed by atoms with E-state index >= 15 is 0 Å². The zero-order chi connectivity index (χ0) is 15.4. The summed E-state index contributed by atoms with van der Waals surface area (Å²) in [5.74, 6) is -0.550. The summed E-state index contributed by atoms with van der Waals surface area (Å²) in [6.07, 6.45) is 6.78. The Labute approximate surface area is 136 Å². The van der Waals surface area contributed by atoms with E-state index in [0.29, 0.717) is 10.3 Å². The normalized spacial score (nSPS) is 10.6. The molecule has 0 aliphatic heterocycles. The van der Waals surface area contributed by atoms with Crippen LogP contribution in [0.2, 0.25) is 0 Å². The van der Waals surface area contributed by atoms with E-state index in [4.69, 9.17) is 0 Å². The summed E-state index contributed by atoms with van der Waals surface area (Å²) < 4.78 is 0.634. The number of hydrogen-bond acceptors (Lipinski definition) is 4. The number of Topliss-reactive ketones (excluding diaryl/α,β-unsaturated/α-hetero) is 1. The van der Waals surface area contributed by atoms with Gasteiger partial charge in [0, 0.05) is 24.8 Å². The molecular formula is C17H12BrN3O. The second-order valence-electron chi connectivity index (χ2n) is 4.72. The minimum absolute atomic E-state index is 0.0812. The molecule has 3 aromatic heterocycles. The van der Waals surface area contributed by atoms with Gasteiger partial charge in [-0.1, -0.05) is 18.2 Å². The first-order valence-corrected chi connectivity index (χ1v) is 7.51. The molecule has 22 heavy (non-hydrogen) atoms. The van der Waals surface area contributed by atoms with Crippen molar-refractivity contribution in [3.8, 4) is 0 Å². The minimum atomic E-state index is -0.468. The molecule has 0 amide bonds. The minimum Gasteiger partial charge on any atom is -0.291 e. The highest BCUT2D eigenvalue weighted by atomic mass is 79.9. The van der Waals surface area contributed by atoms with E-state index in [1.165, 1.54) is 0 Å². The Morgan fingerprint density at radius 3 is 2.05 bits per heavy atom. The molecule has 0 spiro atoms. The Morgan fingerprint density at radius 2 is 1.55 bits per heavy atom. The molecule has 0 aromatic carbocycles. The Kier molecular flexibility index (Phi) is 4.34. The van der Waals surface area contributed by atoms with Gasteiger partial charge in [0.05, 0.1) is 5.92 Å². The molecule has 0 radical (unpaired) electrons. The Morgan fingerprint density at radius 1 is 0.909 bits per heavy atom. The van der Waals surface area contributed by atoms with E-state index in [-0.39, 0.29) is 5.78 Å². The van der Waals surface area contributed by atoms with Gasteiger partial charge in [0.1, 0.15) is 10.3 Å². The summed E-state index contributed by atoms with van der Waals surface area (Å²) >= 11 is 3.30. The van der Waals surface area contributed by atoms with Crippen LogP contribution in [-0.2, 0) is 0 Å². The van der Waals surface area contributed by atoms with Crippen molar-refractivity contribution in [3.05, 3.63) is 88.7 Å². The van der Waals surface area contributed by atoms with E-state index in [1.54, 1.807) is 43.0 Å². The average molecular weight is 354 g/mol. The number of rotatable bonds is 4. The summed E-state index contributed by atoms with van der Waals surface area (Å²) in [5.41, 5.74) is 2.05. The van der Waals surface area contributed by atoms with E-state index in [1.807, 2.05) is 24.3 Å². The van der Waals surface area contributed by atoms with E-state index < -0.39 is 5.92 Å². The fourth-order valence-corrected chi connectivity index (χ4v) is 2.63. The molecule has 0 aliphatic rings. The molecule has 0 bridgehead atoms. The van der Waals surface area contributed by atoms with Crippen molar-refractivity contribution in [2.45, 2.75) is 5.92 Å². The monoisotopic (exact) mass is 353 g/mol. The molecule has 4 nitrogen and oxygen atoms in total. The average Bonchev–Trinajstić information content (AvgIpc) is 2.57. The van der Waals surface area contributed by atoms with E-state index in [9.17, 15) is 4.79 Å². The molecule has 0 saturated heterocycles. The van der Waals surface area contributed by atoms with Crippen molar-refractivity contribution >= 4 is 21.7 Å². The number of carbonyl (C=O) groups excluding carboxylic acids is 1. The highest BCUT2D eigenvalue weighted by Crippen LogP contribution is 2.27. The quantitative estimate of drug-likeness (QED) is 0.530. The van der Waals surface area contributed by atoms with Crippen LogP contribution in [0.1, 0.15) is 27.5 Å². The highest BCUT2D eigenvalue weighted by Gasteiger charge is 2.25. The van der Waals surface area contributed by atoms with Crippen LogP contribution in [0.4, 0.5) is 0 Å². The van der Waals surface area contributed by atoms with Crippen molar-refractivity contribution in [2.24, 2.45) is 0 Å². The third kappa shape index (κ3) is 3.09. The molecule has 0 atom stereocenters. The smallest absolute Gasteiger partial charge is 0.193 e. The number of carbonyl (C=O) groups is 1. The Balaban J connectivity index is 2.08. The van der Waals surface area contributed by atoms with Gasteiger partial charge in [-0.3, -0.25) is 14.8 Å². The SMILES string of the molecule is O=C(c1cccc(Br)n1)C(c1cccnc1)c1cccnc1. The van der Waals surface area contributed by atoms with Crippen LogP contribution >= 0.6 is 15.9 Å². The first-order valence-electron chi connectivity index (χ1n) is 6.72. The van der Waals surface area contributed by atoms with Gasteiger partial charge in [-0.25, -0.2) is 4.98 Å². The maximum absolute atomic E-state index is 13.0. The predicted molar refractivity (Wildman–Crippen MR) is 86.6 cm³/mol. The lowest BCUT2D eigenvalue weighted by molar-refractivity contribution is 0.0968. The van der Waals surface area contributed by atoms with E-state index in [2.05, 4.69) is 30.9 Å². The van der Waals surface area contributed by atoms with Gasteiger partial charge in [0.2, 0.25) is 0 Å². The van der Waals surface area contributed by atoms with Crippen LogP contribution in [-0.4, -0.2) is 20.7 Å². The van der Waals surface area contributed by atoms with Crippen molar-refractivity contribution in [1.29, 1.82) is 0 Å². The maximum Gasteiger partial charge on any atom is 0.193 e. The van der Waals surface area contributed by atoms with Crippen molar-refractivity contribution < 1.29 is 4.79 Å². The number of hydrogen-bond donors (Lipinski definition) is 0. The fraction of sp³-hybridized carbons (Fsp3) is 0.0588. The number of halogens is 1. The van der Waals surface area contributed by atoms with Gasteiger partial charge in [0.15, 0.2) is 5.78 Å². The molecular weight excluding hydrogens is 342 g/mol. The van der Waals surface area contributed by atoms with E-state index in [0.717, 1.165) is 11.1 Å². The number of ketones is 1. The third-order valence-corrected chi connectivity index (χ3v) is 3.71. The second-order valence-corrected chi connectivity index (χ2v) is 5.53. The topological polar surface area (TPSA) is 55.7 Å². The standard InChI is InChI=1S/C17H12BrN3O/c18-15-7-1-6-14(21-15)17(22)16(12-4-2-8-19-10-12)13-5-3-9-20-11-13/h1-11,16H. The van der Waals surface area contributed by atoms with Gasteiger partial charge in [-0.2, -0.15) is 0 Å². The van der Waals surface area contributed by atoms with Gasteiger partial charge in [0.25, 0.3) is 0 Å². The van der Waals surface area contributed by atoms with Gasteiger partial charge >= 0.3 is 0 Å². The lowest BCUT2D eigenvalue weighted by Gasteiger charge is -2.15. The van der Waals surface area contributed by atoms with Gasteiger partial charge in [-0.15, -0.1) is 0 Å². The predicted octanol–water partition coefficient (Wildman–Crippen LogP) is 3.65. The van der Waals surface area contributed by atoms with Gasteiger partial charge in [-0.05, 0) is 51.3 Å². The summed E-state index contributed by atoms with van der Waals surface area (Å²) in [5, 5.41) is 0. The number of nitrogens with zero attached hydrogens (tertiary/aromatic N) is 3. The molecule has 0 saturated carbocycles. The lowest BCUT2D eigenvalue weighted by Crippen LogP contribution is -2.16. The summed E-state index contributed by atoms with van der Waals surface area (Å²) in [4.78, 5) is 25.5. The molecule has 0 aliphatic carbocycles. The van der Waals surface area contributed by atoms with Crippen molar-refractivity contribution in [3.63, 3.8) is 0 Å². The summed E-state index contributed by atoms with van der Waals surface area (Å²) in [6, 6.07) is 12.7. The molecule has 3 rings (SSSR count). The van der Waals surface area contributed by atoms with Crippen LogP contribution in [0.5, 0.6) is 0 Å². The van der Waals surface area contributed by atoms with Crippen LogP contribution < -0.4 is 0 Å². The molecule has 3 heterocycles. The largest absolute Gasteiger partial charge is 0.291 e. The lowest BCUT2D eigenvalue weighted by atomic mass is 9.88. The number of aromatic nitrogens is 3. The third-order valence-electron chi connectivity index (χ3n) is 3.27. The zero-order valence-electron chi connectivity index (χ0n) is 11.6. The second kappa shape index (κ2) is 6.58. The van der Waals surface area contributed by atoms with Gasteiger partial charge < -0.3 is 0 Å². The molecule has 5 heteroatoms. The Hall–Kier alpha value is -2.40. The summed E-state index contributed by atoms with van der Waals surface area (Å²) in [7, 11) is 0. The highest BCUT2D eigenvalue weighted by molar-refractivity contribution is 9.10. The maximum atomic E-state index is 13.0. The van der Waals surface area contributed by atoms with Crippen molar-refractivity contribution in [2.75, 3.05) is 0 Å². The molecule has 0 N–H and O–H groups in total. The Bertz CT molecular complexity index is 739. The van der Waals surface area contributed by atoms with Crippen LogP contribution in [0.25, 0.3) is 0 Å². The summed E-state index contributed by atoms with van der Waals surface area (Å²) in [6.45, 7) is 0. The first kappa shape index (κ1) is 14.5. The molecule has 0 fully saturated rings. The molecule has 3 aromatic rings. The number of pyridine rings is 3. The van der Waals surface area contributed by atoms with Crippen molar-refractivity contribution in [1.82, 2.24) is 15.0 Å². The van der Waals surface area contributed by atoms with Crippen LogP contribution in [0.3, 0.4) is 0 Å². The first-order chi connectivity index (χ1) is 10.8. The molecule has 108 valence electrons. The van der Waals surface area contributed by atoms with Crippen LogP contribution in [0, 0.1) is 0 Å². The fourth-order valence-electron chi connectivity index (χ4n) is 2.28. The molecule has 0 unspecified atom stereocenters. The zero-order valence-corrected chi connectivity index (χ0v) is 13.1. The van der Waals surface area contributed by atoms with Crippen LogP contribution in [0.15, 0.2) is 71.9 Å².